The van der Waals surface area contributed by atoms with Gasteiger partial charge in [0.05, 0.1) is 11.9 Å². The van der Waals surface area contributed by atoms with Crippen molar-refractivity contribution in [1.29, 1.82) is 0 Å². The first-order chi connectivity index (χ1) is 11.5. The maximum Gasteiger partial charge on any atom is 0.0774 e. The highest BCUT2D eigenvalue weighted by Crippen LogP contribution is 2.34. The van der Waals surface area contributed by atoms with Gasteiger partial charge in [0.25, 0.3) is 0 Å². The fourth-order valence-electron chi connectivity index (χ4n) is 2.93. The zero-order chi connectivity index (χ0) is 17.9. The fraction of sp³-hybridized carbons (Fsp3) is 0.609. The standard InChI is InChI=1S/C23H35N/c1-7-9-10-13-20(8-2)14-12-17-24-23-21(18(3)4)15-11-16-22(23)19(5)6/h11,15-20H,7-10,13H2,1-6H3. The summed E-state index contributed by atoms with van der Waals surface area (Å²) in [5, 5.41) is 0. The van der Waals surface area contributed by atoms with E-state index < -0.39 is 0 Å². The third-order valence-electron chi connectivity index (χ3n) is 4.54. The summed E-state index contributed by atoms with van der Waals surface area (Å²) < 4.78 is 0. The van der Waals surface area contributed by atoms with E-state index in [4.69, 9.17) is 4.99 Å². The van der Waals surface area contributed by atoms with Crippen LogP contribution in [0.4, 0.5) is 5.69 Å². The molecule has 1 aromatic rings. The number of nitrogens with zero attached hydrogens (tertiary/aromatic N) is 1. The van der Waals surface area contributed by atoms with Gasteiger partial charge in [0.2, 0.25) is 0 Å². The average molecular weight is 326 g/mol. The first-order valence-corrected chi connectivity index (χ1v) is 9.67. The van der Waals surface area contributed by atoms with Crippen molar-refractivity contribution in [2.24, 2.45) is 10.9 Å². The molecule has 1 unspecified atom stereocenters. The van der Waals surface area contributed by atoms with E-state index >= 15 is 0 Å². The molecule has 1 heteroatoms. The lowest BCUT2D eigenvalue weighted by Gasteiger charge is -2.15. The van der Waals surface area contributed by atoms with E-state index in [9.17, 15) is 0 Å². The molecule has 0 amide bonds. The Morgan fingerprint density at radius 3 is 2.12 bits per heavy atom. The van der Waals surface area contributed by atoms with Gasteiger partial charge >= 0.3 is 0 Å². The zero-order valence-corrected chi connectivity index (χ0v) is 16.5. The molecule has 0 aromatic heterocycles. The average Bonchev–Trinajstić information content (AvgIpc) is 2.56. The Labute approximate surface area is 150 Å². The van der Waals surface area contributed by atoms with E-state index in [-0.39, 0.29) is 0 Å². The number of para-hydroxylation sites is 1. The van der Waals surface area contributed by atoms with Crippen molar-refractivity contribution in [2.75, 3.05) is 0 Å². The van der Waals surface area contributed by atoms with Crippen LogP contribution in [0.1, 0.15) is 96.6 Å². The van der Waals surface area contributed by atoms with Crippen molar-refractivity contribution in [2.45, 2.75) is 85.5 Å². The summed E-state index contributed by atoms with van der Waals surface area (Å²) >= 11 is 0. The van der Waals surface area contributed by atoms with Crippen LogP contribution >= 0.6 is 0 Å². The lowest BCUT2D eigenvalue weighted by molar-refractivity contribution is 0.541. The SMILES string of the molecule is CCCCCC(C#CC=Nc1c(C(C)C)cccc1C(C)C)CC. The van der Waals surface area contributed by atoms with Crippen LogP contribution in [0, 0.1) is 17.8 Å². The van der Waals surface area contributed by atoms with Gasteiger partial charge < -0.3 is 0 Å². The third-order valence-corrected chi connectivity index (χ3v) is 4.54. The molecule has 24 heavy (non-hydrogen) atoms. The van der Waals surface area contributed by atoms with Crippen LogP contribution in [-0.4, -0.2) is 6.21 Å². The molecule has 0 spiro atoms. The molecule has 0 aliphatic carbocycles. The van der Waals surface area contributed by atoms with Gasteiger partial charge in [0.15, 0.2) is 0 Å². The number of hydrogen-bond donors (Lipinski definition) is 0. The number of hydrogen-bond acceptors (Lipinski definition) is 1. The van der Waals surface area contributed by atoms with Crippen LogP contribution in [-0.2, 0) is 0 Å². The molecule has 0 radical (unpaired) electrons. The van der Waals surface area contributed by atoms with Gasteiger partial charge in [-0.2, -0.15) is 0 Å². The first-order valence-electron chi connectivity index (χ1n) is 9.67. The monoisotopic (exact) mass is 325 g/mol. The largest absolute Gasteiger partial charge is 0.247 e. The van der Waals surface area contributed by atoms with E-state index in [0.29, 0.717) is 17.8 Å². The maximum absolute atomic E-state index is 4.75. The van der Waals surface area contributed by atoms with Crippen LogP contribution in [0.3, 0.4) is 0 Å². The summed E-state index contributed by atoms with van der Waals surface area (Å²) in [6, 6.07) is 6.53. The molecule has 0 bridgehead atoms. The van der Waals surface area contributed by atoms with Gasteiger partial charge in [-0.05, 0) is 35.8 Å². The summed E-state index contributed by atoms with van der Waals surface area (Å²) in [7, 11) is 0. The molecule has 0 aliphatic heterocycles. The van der Waals surface area contributed by atoms with E-state index in [1.165, 1.54) is 36.8 Å². The van der Waals surface area contributed by atoms with Crippen molar-refractivity contribution in [3.05, 3.63) is 29.3 Å². The highest BCUT2D eigenvalue weighted by atomic mass is 14.7. The Bertz CT molecular complexity index is 543. The zero-order valence-electron chi connectivity index (χ0n) is 16.5. The minimum Gasteiger partial charge on any atom is -0.247 e. The molecule has 1 aromatic carbocycles. The molecule has 1 atom stereocenters. The molecule has 0 saturated carbocycles. The summed E-state index contributed by atoms with van der Waals surface area (Å²) in [6.07, 6.45) is 8.03. The molecule has 132 valence electrons. The van der Waals surface area contributed by atoms with E-state index in [2.05, 4.69) is 71.6 Å². The number of benzene rings is 1. The van der Waals surface area contributed by atoms with Crippen LogP contribution in [0.25, 0.3) is 0 Å². The van der Waals surface area contributed by atoms with Gasteiger partial charge in [-0.15, -0.1) is 0 Å². The minimum absolute atomic E-state index is 0.473. The Balaban J connectivity index is 2.92. The molecule has 0 aliphatic rings. The van der Waals surface area contributed by atoms with E-state index in [1.54, 1.807) is 0 Å². The van der Waals surface area contributed by atoms with Crippen molar-refractivity contribution in [3.63, 3.8) is 0 Å². The van der Waals surface area contributed by atoms with Crippen molar-refractivity contribution >= 4 is 11.9 Å². The maximum atomic E-state index is 4.75. The lowest BCUT2D eigenvalue weighted by atomic mass is 9.93. The molecule has 0 saturated heterocycles. The number of aliphatic imine (C=N–C) groups is 1. The van der Waals surface area contributed by atoms with Gasteiger partial charge in [0, 0.05) is 5.92 Å². The molecule has 0 heterocycles. The second-order valence-electron chi connectivity index (χ2n) is 7.24. The first kappa shape index (κ1) is 20.5. The van der Waals surface area contributed by atoms with Gasteiger partial charge in [-0.1, -0.05) is 90.8 Å². The molecule has 1 rings (SSSR count). The van der Waals surface area contributed by atoms with Crippen molar-refractivity contribution in [1.82, 2.24) is 0 Å². The summed E-state index contributed by atoms with van der Waals surface area (Å²) in [6.45, 7) is 13.4. The molecule has 0 N–H and O–H groups in total. The van der Waals surface area contributed by atoms with E-state index in [0.717, 1.165) is 12.1 Å². The summed E-state index contributed by atoms with van der Waals surface area (Å²) in [5.74, 6) is 8.05. The van der Waals surface area contributed by atoms with Crippen molar-refractivity contribution < 1.29 is 0 Å². The van der Waals surface area contributed by atoms with Gasteiger partial charge in [0.1, 0.15) is 0 Å². The van der Waals surface area contributed by atoms with Crippen LogP contribution in [0.2, 0.25) is 0 Å². The molecule has 0 fully saturated rings. The van der Waals surface area contributed by atoms with Crippen LogP contribution in [0.15, 0.2) is 23.2 Å². The molecule has 1 nitrogen and oxygen atoms in total. The summed E-state index contributed by atoms with van der Waals surface area (Å²) in [4.78, 5) is 4.75. The van der Waals surface area contributed by atoms with Crippen LogP contribution in [0.5, 0.6) is 0 Å². The van der Waals surface area contributed by atoms with Gasteiger partial charge in [-0.3, -0.25) is 0 Å². The Morgan fingerprint density at radius 1 is 1.00 bits per heavy atom. The second kappa shape index (κ2) is 11.1. The molecular formula is C23H35N. The molecular weight excluding hydrogens is 290 g/mol. The fourth-order valence-corrected chi connectivity index (χ4v) is 2.93. The number of rotatable bonds is 8. The van der Waals surface area contributed by atoms with E-state index in [1.807, 2.05) is 6.21 Å². The smallest absolute Gasteiger partial charge is 0.0774 e. The lowest BCUT2D eigenvalue weighted by Crippen LogP contribution is -1.96. The Morgan fingerprint density at radius 2 is 1.62 bits per heavy atom. The second-order valence-corrected chi connectivity index (χ2v) is 7.24. The highest BCUT2D eigenvalue weighted by molar-refractivity contribution is 5.82. The predicted molar refractivity (Wildman–Crippen MR) is 108 cm³/mol. The topological polar surface area (TPSA) is 12.4 Å². The quantitative estimate of drug-likeness (QED) is 0.271. The highest BCUT2D eigenvalue weighted by Gasteiger charge is 2.12. The van der Waals surface area contributed by atoms with Crippen LogP contribution < -0.4 is 0 Å². The Kier molecular flexibility index (Phi) is 9.46. The normalized spacial score (nSPS) is 12.7. The number of unbranched alkanes of at least 4 members (excludes halogenated alkanes) is 2. The van der Waals surface area contributed by atoms with Crippen molar-refractivity contribution in [3.8, 4) is 11.8 Å². The third kappa shape index (κ3) is 6.52. The Hall–Kier alpha value is -1.55. The summed E-state index contributed by atoms with van der Waals surface area (Å²) in [5.41, 5.74) is 3.75. The predicted octanol–water partition coefficient (Wildman–Crippen LogP) is 7.25. The van der Waals surface area contributed by atoms with Gasteiger partial charge in [-0.25, -0.2) is 4.99 Å². The minimum atomic E-state index is 0.473.